The third-order valence-corrected chi connectivity index (χ3v) is 6.33. The maximum absolute atomic E-state index is 11.8. The summed E-state index contributed by atoms with van der Waals surface area (Å²) in [5.74, 6) is -0.848. The molecule has 1 aromatic rings. The zero-order chi connectivity index (χ0) is 22.1. The molecule has 30 heavy (non-hydrogen) atoms. The largest absolute Gasteiger partial charge is 0.496 e. The topological polar surface area (TPSA) is 119 Å². The van der Waals surface area contributed by atoms with Gasteiger partial charge in [0.2, 0.25) is 5.91 Å². The zero-order valence-corrected chi connectivity index (χ0v) is 18.3. The summed E-state index contributed by atoms with van der Waals surface area (Å²) in [7, 11) is 1.03. The molecule has 1 amide bonds. The maximum atomic E-state index is 11.8. The Hall–Kier alpha value is -2.37. The lowest BCUT2D eigenvalue weighted by atomic mass is 9.78. The van der Waals surface area contributed by atoms with E-state index in [1.54, 1.807) is 13.2 Å². The molecule has 2 N–H and O–H groups in total. The van der Waals surface area contributed by atoms with Crippen molar-refractivity contribution in [2.75, 3.05) is 7.11 Å². The van der Waals surface area contributed by atoms with Crippen LogP contribution in [0.1, 0.15) is 39.7 Å². The van der Waals surface area contributed by atoms with Crippen molar-refractivity contribution in [2.45, 2.75) is 50.6 Å². The van der Waals surface area contributed by atoms with Crippen LogP contribution >= 0.6 is 11.8 Å². The van der Waals surface area contributed by atoms with Gasteiger partial charge in [-0.25, -0.2) is 0 Å². The van der Waals surface area contributed by atoms with E-state index in [0.717, 1.165) is 17.2 Å². The number of nitrogens with one attached hydrogen (secondary N) is 1. The molecular formula is C19H24BN3O6S. The summed E-state index contributed by atoms with van der Waals surface area (Å²) in [6.07, 6.45) is 1.22. The summed E-state index contributed by atoms with van der Waals surface area (Å²) in [4.78, 5) is 22.6. The highest BCUT2D eigenvalue weighted by molar-refractivity contribution is 8.15. The first kappa shape index (κ1) is 22.3. The third kappa shape index (κ3) is 4.68. The molecule has 0 aliphatic carbocycles. The molecule has 160 valence electrons. The summed E-state index contributed by atoms with van der Waals surface area (Å²) in [6, 6.07) is 5.51. The van der Waals surface area contributed by atoms with Gasteiger partial charge < -0.3 is 24.5 Å². The molecule has 1 unspecified atom stereocenters. The van der Waals surface area contributed by atoms with Crippen molar-refractivity contribution < 1.29 is 28.7 Å². The highest BCUT2D eigenvalue weighted by Crippen LogP contribution is 2.36. The Morgan fingerprint density at radius 1 is 1.33 bits per heavy atom. The number of hydrogen-bond donors (Lipinski definition) is 2. The minimum absolute atomic E-state index is 0.253. The van der Waals surface area contributed by atoms with Crippen LogP contribution in [0.4, 0.5) is 0 Å². The van der Waals surface area contributed by atoms with Crippen molar-refractivity contribution >= 4 is 47.6 Å². The zero-order valence-electron chi connectivity index (χ0n) is 17.5. The molecule has 2 saturated heterocycles. The molecule has 3 rings (SSSR count). The SMILES string of the molecule is COc1ccc(B2OC(C)(C)C(C)(C)O2)cc1C=NN=C1NC(=O)C(CC(=O)O)S1. The average Bonchev–Trinajstić information content (AvgIpc) is 3.09. The molecule has 1 atom stereocenters. The van der Waals surface area contributed by atoms with Crippen LogP contribution in [0.25, 0.3) is 0 Å². The Balaban J connectivity index is 1.77. The molecule has 1 aromatic carbocycles. The van der Waals surface area contributed by atoms with E-state index < -0.39 is 35.4 Å². The van der Waals surface area contributed by atoms with Gasteiger partial charge in [-0.2, -0.15) is 5.10 Å². The molecule has 0 radical (unpaired) electrons. The van der Waals surface area contributed by atoms with Crippen LogP contribution in [0.3, 0.4) is 0 Å². The Morgan fingerprint density at radius 2 is 2.00 bits per heavy atom. The fourth-order valence-electron chi connectivity index (χ4n) is 2.87. The Kier molecular flexibility index (Phi) is 6.25. The van der Waals surface area contributed by atoms with E-state index in [4.69, 9.17) is 19.2 Å². The summed E-state index contributed by atoms with van der Waals surface area (Å²) in [5.41, 5.74) is 0.559. The number of aliphatic carboxylic acids is 1. The molecule has 2 fully saturated rings. The van der Waals surface area contributed by atoms with Crippen LogP contribution in [0, 0.1) is 0 Å². The number of thioether (sulfide) groups is 1. The quantitative estimate of drug-likeness (QED) is 0.395. The van der Waals surface area contributed by atoms with Crippen LogP contribution in [0.5, 0.6) is 5.75 Å². The van der Waals surface area contributed by atoms with E-state index in [2.05, 4.69) is 15.5 Å². The molecule has 2 aliphatic rings. The number of nitrogens with zero attached hydrogens (tertiary/aromatic N) is 2. The van der Waals surface area contributed by atoms with Gasteiger partial charge in [0.1, 0.15) is 11.0 Å². The number of hydrogen-bond acceptors (Lipinski definition) is 8. The first-order valence-electron chi connectivity index (χ1n) is 9.36. The number of carbonyl (C=O) groups excluding carboxylic acids is 1. The smallest absolute Gasteiger partial charge is 0.494 e. The number of ether oxygens (including phenoxy) is 1. The standard InChI is InChI=1S/C19H24BN3O6S/c1-18(2)19(3,4)29-20(28-18)12-6-7-13(27-5)11(8-12)10-21-23-17-22-16(26)14(30-17)9-15(24)25/h6-8,10,14H,9H2,1-5H3,(H,24,25)(H,22,23,26). The predicted molar refractivity (Wildman–Crippen MR) is 116 cm³/mol. The molecule has 11 heteroatoms. The number of carboxylic acid groups (broad SMARTS) is 1. The van der Waals surface area contributed by atoms with Crippen molar-refractivity contribution in [1.82, 2.24) is 5.32 Å². The van der Waals surface area contributed by atoms with Gasteiger partial charge in [0.25, 0.3) is 0 Å². The van der Waals surface area contributed by atoms with E-state index in [0.29, 0.717) is 11.3 Å². The van der Waals surface area contributed by atoms with Crippen molar-refractivity contribution in [2.24, 2.45) is 10.2 Å². The summed E-state index contributed by atoms with van der Waals surface area (Å²) < 4.78 is 17.6. The van der Waals surface area contributed by atoms with E-state index in [-0.39, 0.29) is 11.6 Å². The fourth-order valence-corrected chi connectivity index (χ4v) is 3.78. The van der Waals surface area contributed by atoms with E-state index in [1.807, 2.05) is 39.8 Å². The van der Waals surface area contributed by atoms with Crippen LogP contribution < -0.4 is 15.5 Å². The number of amides is 1. The minimum Gasteiger partial charge on any atom is -0.496 e. The van der Waals surface area contributed by atoms with Crippen LogP contribution in [-0.4, -0.2) is 59.0 Å². The Morgan fingerprint density at radius 3 is 2.60 bits per heavy atom. The lowest BCUT2D eigenvalue weighted by Gasteiger charge is -2.32. The summed E-state index contributed by atoms with van der Waals surface area (Å²) >= 11 is 1.04. The number of benzene rings is 1. The number of carbonyl (C=O) groups is 2. The molecule has 0 bridgehead atoms. The van der Waals surface area contributed by atoms with Gasteiger partial charge >= 0.3 is 13.1 Å². The third-order valence-electron chi connectivity index (χ3n) is 5.26. The molecule has 0 spiro atoms. The van der Waals surface area contributed by atoms with Crippen LogP contribution in [0.15, 0.2) is 28.4 Å². The fraction of sp³-hybridized carbons (Fsp3) is 0.474. The highest BCUT2D eigenvalue weighted by Gasteiger charge is 2.51. The van der Waals surface area contributed by atoms with Gasteiger partial charge in [0, 0.05) is 5.56 Å². The normalized spacial score (nSPS) is 23.9. The Labute approximate surface area is 179 Å². The van der Waals surface area contributed by atoms with Gasteiger partial charge in [-0.15, -0.1) is 5.10 Å². The van der Waals surface area contributed by atoms with E-state index >= 15 is 0 Å². The Bertz CT molecular complexity index is 902. The summed E-state index contributed by atoms with van der Waals surface area (Å²) in [5, 5.41) is 18.9. The highest BCUT2D eigenvalue weighted by atomic mass is 32.2. The predicted octanol–water partition coefficient (Wildman–Crippen LogP) is 1.39. The minimum atomic E-state index is -1.04. The van der Waals surface area contributed by atoms with E-state index in [1.165, 1.54) is 6.21 Å². The molecule has 9 nitrogen and oxygen atoms in total. The van der Waals surface area contributed by atoms with Crippen LogP contribution in [-0.2, 0) is 18.9 Å². The van der Waals surface area contributed by atoms with Gasteiger partial charge in [0.05, 0.1) is 30.9 Å². The second-order valence-corrected chi connectivity index (χ2v) is 9.12. The maximum Gasteiger partial charge on any atom is 0.494 e. The first-order valence-corrected chi connectivity index (χ1v) is 10.2. The molecule has 2 heterocycles. The summed E-state index contributed by atoms with van der Waals surface area (Å²) in [6.45, 7) is 7.95. The number of carboxylic acids is 1. The first-order chi connectivity index (χ1) is 14.0. The van der Waals surface area contributed by atoms with E-state index in [9.17, 15) is 9.59 Å². The number of methoxy groups -OCH3 is 1. The number of rotatable bonds is 6. The molecule has 0 aromatic heterocycles. The van der Waals surface area contributed by atoms with Gasteiger partial charge in [-0.3, -0.25) is 9.59 Å². The monoisotopic (exact) mass is 433 g/mol. The lowest BCUT2D eigenvalue weighted by molar-refractivity contribution is -0.138. The van der Waals surface area contributed by atoms with Crippen LogP contribution in [0.2, 0.25) is 0 Å². The second-order valence-electron chi connectivity index (χ2n) is 7.93. The molecular weight excluding hydrogens is 409 g/mol. The van der Waals surface area contributed by atoms with Crippen molar-refractivity contribution in [1.29, 1.82) is 0 Å². The average molecular weight is 433 g/mol. The lowest BCUT2D eigenvalue weighted by Crippen LogP contribution is -2.41. The molecule has 2 aliphatic heterocycles. The van der Waals surface area contributed by atoms with Crippen molar-refractivity contribution in [3.8, 4) is 5.75 Å². The van der Waals surface area contributed by atoms with Gasteiger partial charge in [-0.05, 0) is 45.3 Å². The van der Waals surface area contributed by atoms with Crippen molar-refractivity contribution in [3.63, 3.8) is 0 Å². The van der Waals surface area contributed by atoms with Gasteiger partial charge in [-0.1, -0.05) is 17.8 Å². The second kappa shape index (κ2) is 8.40. The van der Waals surface area contributed by atoms with Gasteiger partial charge in [0.15, 0.2) is 5.17 Å². The molecule has 0 saturated carbocycles. The van der Waals surface area contributed by atoms with Crippen molar-refractivity contribution in [3.05, 3.63) is 23.8 Å². The number of amidine groups is 1.